The third-order valence-corrected chi connectivity index (χ3v) is 5.66. The highest BCUT2D eigenvalue weighted by Gasteiger charge is 2.19. The van der Waals surface area contributed by atoms with Crippen molar-refractivity contribution in [2.45, 2.75) is 20.3 Å². The van der Waals surface area contributed by atoms with Gasteiger partial charge in [-0.2, -0.15) is 0 Å². The van der Waals surface area contributed by atoms with Gasteiger partial charge in [-0.15, -0.1) is 0 Å². The predicted molar refractivity (Wildman–Crippen MR) is 123 cm³/mol. The Morgan fingerprint density at radius 2 is 1.72 bits per heavy atom. The van der Waals surface area contributed by atoms with Crippen molar-refractivity contribution in [1.82, 2.24) is 19.9 Å². The molecule has 1 aliphatic rings. The Kier molecular flexibility index (Phi) is 6.11. The monoisotopic (exact) mass is 430 g/mol. The highest BCUT2D eigenvalue weighted by molar-refractivity contribution is 5.83. The Labute approximate surface area is 187 Å². The summed E-state index contributed by atoms with van der Waals surface area (Å²) in [6.07, 6.45) is 3.56. The predicted octanol–water partition coefficient (Wildman–Crippen LogP) is 2.21. The molecule has 8 heteroatoms. The number of hydrogen-bond donors (Lipinski definition) is 1. The molecule has 4 rings (SSSR count). The zero-order valence-electron chi connectivity index (χ0n) is 18.3. The van der Waals surface area contributed by atoms with Crippen LogP contribution in [0.1, 0.15) is 18.2 Å². The maximum atomic E-state index is 11.6. The smallest absolute Gasteiger partial charge is 0.221 e. The Morgan fingerprint density at radius 3 is 2.34 bits per heavy atom. The van der Waals surface area contributed by atoms with Gasteiger partial charge in [0.1, 0.15) is 6.33 Å². The summed E-state index contributed by atoms with van der Waals surface area (Å²) in [5.41, 5.74) is 11.5. The third-order valence-electron chi connectivity index (χ3n) is 5.66. The lowest BCUT2D eigenvalue weighted by Crippen LogP contribution is -2.48. The van der Waals surface area contributed by atoms with Crippen LogP contribution < -0.4 is 10.6 Å². The molecule has 0 spiro atoms. The molecular formula is C24H26N6O2. The Bertz CT molecular complexity index is 1140. The molecule has 0 unspecified atom stereocenters. The van der Waals surface area contributed by atoms with E-state index in [9.17, 15) is 9.59 Å². The molecule has 0 aliphatic carbocycles. The Morgan fingerprint density at radius 1 is 0.938 bits per heavy atom. The SMILES string of the molecule is CC(=O)N1CCN(c2ccc(-c3cc(CC(N)=O)ccc3-c3cc(C)ncn3)nc2)CC1. The number of anilines is 1. The quantitative estimate of drug-likeness (QED) is 0.665. The van der Waals surface area contributed by atoms with Gasteiger partial charge in [0.05, 0.1) is 29.7 Å². The van der Waals surface area contributed by atoms with Crippen LogP contribution in [0, 0.1) is 6.92 Å². The van der Waals surface area contributed by atoms with Gasteiger partial charge in [-0.05, 0) is 36.8 Å². The number of piperazine rings is 1. The van der Waals surface area contributed by atoms with Crippen molar-refractivity contribution in [3.63, 3.8) is 0 Å². The summed E-state index contributed by atoms with van der Waals surface area (Å²) < 4.78 is 0. The van der Waals surface area contributed by atoms with E-state index in [0.717, 1.165) is 52.5 Å². The molecule has 164 valence electrons. The van der Waals surface area contributed by atoms with Gasteiger partial charge < -0.3 is 15.5 Å². The van der Waals surface area contributed by atoms with Crippen molar-refractivity contribution < 1.29 is 9.59 Å². The second-order valence-electron chi connectivity index (χ2n) is 7.96. The van der Waals surface area contributed by atoms with Crippen LogP contribution in [0.15, 0.2) is 48.9 Å². The van der Waals surface area contributed by atoms with Crippen LogP contribution in [0.2, 0.25) is 0 Å². The molecule has 0 bridgehead atoms. The first-order chi connectivity index (χ1) is 15.4. The highest BCUT2D eigenvalue weighted by atomic mass is 16.2. The molecule has 3 aromatic rings. The number of aryl methyl sites for hydroxylation is 1. The number of benzene rings is 1. The summed E-state index contributed by atoms with van der Waals surface area (Å²) in [4.78, 5) is 40.5. The summed E-state index contributed by atoms with van der Waals surface area (Å²) >= 11 is 0. The standard InChI is InChI=1S/C24H26N6O2/c1-16-11-23(28-15-27-16)20-5-3-18(13-24(25)32)12-21(20)22-6-4-19(14-26-22)30-9-7-29(8-10-30)17(2)31/h3-6,11-12,14-15H,7-10,13H2,1-2H3,(H2,25,32). The minimum Gasteiger partial charge on any atom is -0.369 e. The number of nitrogens with zero attached hydrogens (tertiary/aromatic N) is 5. The van der Waals surface area contributed by atoms with Crippen molar-refractivity contribution in [2.24, 2.45) is 5.73 Å². The number of hydrogen-bond acceptors (Lipinski definition) is 6. The first-order valence-electron chi connectivity index (χ1n) is 10.6. The second-order valence-corrected chi connectivity index (χ2v) is 7.96. The summed E-state index contributed by atoms with van der Waals surface area (Å²) in [7, 11) is 0. The van der Waals surface area contributed by atoms with Gasteiger partial charge in [0, 0.05) is 49.9 Å². The van der Waals surface area contributed by atoms with E-state index in [0.29, 0.717) is 13.1 Å². The van der Waals surface area contributed by atoms with Crippen LogP contribution in [0.3, 0.4) is 0 Å². The van der Waals surface area contributed by atoms with Gasteiger partial charge in [0.15, 0.2) is 0 Å². The maximum Gasteiger partial charge on any atom is 0.221 e. The van der Waals surface area contributed by atoms with E-state index in [-0.39, 0.29) is 18.2 Å². The molecule has 1 aliphatic heterocycles. The molecule has 3 heterocycles. The minimum absolute atomic E-state index is 0.112. The number of primary amides is 1. The number of nitrogens with two attached hydrogens (primary N) is 1. The Hall–Kier alpha value is -3.81. The molecule has 32 heavy (non-hydrogen) atoms. The van der Waals surface area contributed by atoms with Gasteiger partial charge in [0.25, 0.3) is 0 Å². The van der Waals surface area contributed by atoms with Crippen LogP contribution in [0.5, 0.6) is 0 Å². The normalized spacial score (nSPS) is 13.8. The molecule has 2 N–H and O–H groups in total. The van der Waals surface area contributed by atoms with Crippen LogP contribution in [-0.4, -0.2) is 57.8 Å². The van der Waals surface area contributed by atoms with E-state index < -0.39 is 0 Å². The van der Waals surface area contributed by atoms with Crippen LogP contribution in [-0.2, 0) is 16.0 Å². The molecule has 1 fully saturated rings. The van der Waals surface area contributed by atoms with Gasteiger partial charge in [0.2, 0.25) is 11.8 Å². The topological polar surface area (TPSA) is 105 Å². The Balaban J connectivity index is 1.65. The summed E-state index contributed by atoms with van der Waals surface area (Å²) in [5, 5.41) is 0. The van der Waals surface area contributed by atoms with Crippen LogP contribution >= 0.6 is 0 Å². The zero-order chi connectivity index (χ0) is 22.7. The summed E-state index contributed by atoms with van der Waals surface area (Å²) in [6, 6.07) is 11.7. The molecule has 1 aromatic carbocycles. The molecular weight excluding hydrogens is 404 g/mol. The number of aromatic nitrogens is 3. The number of carbonyl (C=O) groups is 2. The number of amides is 2. The van der Waals surface area contributed by atoms with E-state index in [1.165, 1.54) is 0 Å². The van der Waals surface area contributed by atoms with Crippen LogP contribution in [0.4, 0.5) is 5.69 Å². The molecule has 0 atom stereocenters. The van der Waals surface area contributed by atoms with Crippen molar-refractivity contribution in [2.75, 3.05) is 31.1 Å². The molecule has 0 saturated carbocycles. The van der Waals surface area contributed by atoms with Crippen LogP contribution in [0.25, 0.3) is 22.5 Å². The molecule has 2 aromatic heterocycles. The van der Waals surface area contributed by atoms with Gasteiger partial charge in [-0.1, -0.05) is 12.1 Å². The molecule has 0 radical (unpaired) electrons. The number of rotatable bonds is 5. The third kappa shape index (κ3) is 4.74. The number of carbonyl (C=O) groups excluding carboxylic acids is 2. The highest BCUT2D eigenvalue weighted by Crippen LogP contribution is 2.32. The first-order valence-corrected chi connectivity index (χ1v) is 10.6. The molecule has 8 nitrogen and oxygen atoms in total. The second kappa shape index (κ2) is 9.13. The van der Waals surface area contributed by atoms with Crippen molar-refractivity contribution in [1.29, 1.82) is 0 Å². The summed E-state index contributed by atoms with van der Waals surface area (Å²) in [5.74, 6) is -0.268. The largest absolute Gasteiger partial charge is 0.369 e. The van der Waals surface area contributed by atoms with Gasteiger partial charge in [-0.3, -0.25) is 14.6 Å². The fourth-order valence-corrected chi connectivity index (χ4v) is 3.95. The van der Waals surface area contributed by atoms with E-state index >= 15 is 0 Å². The van der Waals surface area contributed by atoms with Crippen molar-refractivity contribution in [3.8, 4) is 22.5 Å². The fraction of sp³-hybridized carbons (Fsp3) is 0.292. The van der Waals surface area contributed by atoms with Gasteiger partial charge in [-0.25, -0.2) is 9.97 Å². The first kappa shape index (κ1) is 21.4. The minimum atomic E-state index is -0.380. The number of pyridine rings is 1. The van der Waals surface area contributed by atoms with Gasteiger partial charge >= 0.3 is 0 Å². The fourth-order valence-electron chi connectivity index (χ4n) is 3.95. The van der Waals surface area contributed by atoms with Crippen molar-refractivity contribution >= 4 is 17.5 Å². The summed E-state index contributed by atoms with van der Waals surface area (Å²) in [6.45, 7) is 6.51. The average molecular weight is 431 g/mol. The van der Waals surface area contributed by atoms with Crippen molar-refractivity contribution in [3.05, 3.63) is 60.2 Å². The zero-order valence-corrected chi connectivity index (χ0v) is 18.3. The maximum absolute atomic E-state index is 11.6. The van der Waals surface area contributed by atoms with E-state index in [1.807, 2.05) is 54.4 Å². The van der Waals surface area contributed by atoms with E-state index in [4.69, 9.17) is 10.7 Å². The lowest BCUT2D eigenvalue weighted by atomic mass is 9.96. The average Bonchev–Trinajstić information content (AvgIpc) is 2.79. The van der Waals surface area contributed by atoms with E-state index in [1.54, 1.807) is 13.3 Å². The molecule has 1 saturated heterocycles. The molecule has 2 amide bonds. The van der Waals surface area contributed by atoms with E-state index in [2.05, 4.69) is 14.9 Å². The lowest BCUT2D eigenvalue weighted by Gasteiger charge is -2.35. The lowest BCUT2D eigenvalue weighted by molar-refractivity contribution is -0.129.